The van der Waals surface area contributed by atoms with E-state index < -0.39 is 5.97 Å². The van der Waals surface area contributed by atoms with Crippen molar-refractivity contribution in [3.63, 3.8) is 0 Å². The summed E-state index contributed by atoms with van der Waals surface area (Å²) < 4.78 is 1.93. The Kier molecular flexibility index (Phi) is 3.38. The quantitative estimate of drug-likeness (QED) is 0.918. The van der Waals surface area contributed by atoms with E-state index >= 15 is 0 Å². The molecule has 5 nitrogen and oxygen atoms in total. The molecule has 0 spiro atoms. The van der Waals surface area contributed by atoms with E-state index in [1.807, 2.05) is 11.6 Å². The van der Waals surface area contributed by atoms with Crippen LogP contribution in [0.5, 0.6) is 0 Å². The Balaban J connectivity index is 2.16. The van der Waals surface area contributed by atoms with Crippen LogP contribution in [0.1, 0.15) is 54.2 Å². The third-order valence-corrected chi connectivity index (χ3v) is 4.38. The summed E-state index contributed by atoms with van der Waals surface area (Å²) in [5, 5.41) is 14.6. The number of fused-ring (bicyclic) bond motifs is 1. The van der Waals surface area contributed by atoms with Gasteiger partial charge in [0.25, 0.3) is 0 Å². The highest BCUT2D eigenvalue weighted by atomic mass is 35.5. The first kappa shape index (κ1) is 13.4. The smallest absolute Gasteiger partial charge is 0.338 e. The fourth-order valence-corrected chi connectivity index (χ4v) is 3.31. The number of rotatable bonds is 2. The Bertz CT molecular complexity index is 675. The van der Waals surface area contributed by atoms with E-state index in [9.17, 15) is 4.79 Å². The normalized spacial score (nSPS) is 16.7. The molecular weight excluding hydrogens is 278 g/mol. The van der Waals surface area contributed by atoms with Crippen molar-refractivity contribution in [1.29, 1.82) is 0 Å². The summed E-state index contributed by atoms with van der Waals surface area (Å²) in [5.41, 5.74) is 1.47. The zero-order valence-corrected chi connectivity index (χ0v) is 12.0. The van der Waals surface area contributed by atoms with Crippen LogP contribution in [-0.2, 0) is 0 Å². The molecule has 0 aromatic carbocycles. The van der Waals surface area contributed by atoms with E-state index in [1.165, 1.54) is 25.5 Å². The van der Waals surface area contributed by atoms with Crippen LogP contribution in [0.4, 0.5) is 0 Å². The first-order valence-corrected chi connectivity index (χ1v) is 7.24. The van der Waals surface area contributed by atoms with E-state index in [0.717, 1.165) is 18.5 Å². The molecule has 0 unspecified atom stereocenters. The van der Waals surface area contributed by atoms with Gasteiger partial charge < -0.3 is 5.11 Å². The molecule has 2 aromatic heterocycles. The third kappa shape index (κ3) is 2.06. The highest BCUT2D eigenvalue weighted by molar-refractivity contribution is 6.38. The second-order valence-electron chi connectivity index (χ2n) is 5.31. The van der Waals surface area contributed by atoms with Crippen LogP contribution in [0.15, 0.2) is 6.20 Å². The summed E-state index contributed by atoms with van der Waals surface area (Å²) in [7, 11) is 0. The predicted octanol–water partition coefficient (Wildman–Crippen LogP) is 3.60. The molecule has 106 valence electrons. The van der Waals surface area contributed by atoms with Crippen molar-refractivity contribution in [2.75, 3.05) is 0 Å². The number of hydrogen-bond donors (Lipinski definition) is 1. The fraction of sp³-hybridized carbons (Fsp3) is 0.500. The molecule has 1 saturated carbocycles. The van der Waals surface area contributed by atoms with Crippen LogP contribution >= 0.6 is 11.6 Å². The van der Waals surface area contributed by atoms with E-state index in [1.54, 1.807) is 0 Å². The molecule has 20 heavy (non-hydrogen) atoms. The van der Waals surface area contributed by atoms with Crippen LogP contribution in [0.2, 0.25) is 5.02 Å². The Labute approximate surface area is 121 Å². The van der Waals surface area contributed by atoms with Crippen LogP contribution in [0.25, 0.3) is 11.0 Å². The number of halogens is 1. The van der Waals surface area contributed by atoms with Crippen molar-refractivity contribution < 1.29 is 9.90 Å². The average Bonchev–Trinajstić information content (AvgIpc) is 2.78. The zero-order chi connectivity index (χ0) is 14.3. The fourth-order valence-electron chi connectivity index (χ4n) is 2.96. The number of carbonyl (C=O) groups is 1. The van der Waals surface area contributed by atoms with Crippen LogP contribution in [-0.4, -0.2) is 25.8 Å². The molecule has 0 aliphatic heterocycles. The van der Waals surface area contributed by atoms with E-state index in [0.29, 0.717) is 17.1 Å². The van der Waals surface area contributed by atoms with Crippen molar-refractivity contribution in [3.05, 3.63) is 22.5 Å². The highest BCUT2D eigenvalue weighted by Crippen LogP contribution is 2.34. The summed E-state index contributed by atoms with van der Waals surface area (Å²) in [5.74, 6) is -1.06. The molecule has 1 aliphatic carbocycles. The largest absolute Gasteiger partial charge is 0.478 e. The maximum absolute atomic E-state index is 11.1. The molecule has 0 amide bonds. The number of aromatic carboxylic acids is 1. The molecule has 0 bridgehead atoms. The number of hydrogen-bond acceptors (Lipinski definition) is 3. The Hall–Kier alpha value is -1.62. The van der Waals surface area contributed by atoms with Crippen molar-refractivity contribution in [1.82, 2.24) is 14.8 Å². The number of carboxylic acids is 1. The van der Waals surface area contributed by atoms with Gasteiger partial charge in [-0.15, -0.1) is 0 Å². The van der Waals surface area contributed by atoms with Gasteiger partial charge in [0.2, 0.25) is 0 Å². The van der Waals surface area contributed by atoms with Gasteiger partial charge >= 0.3 is 5.97 Å². The molecule has 3 rings (SSSR count). The third-order valence-electron chi connectivity index (χ3n) is 3.98. The first-order valence-electron chi connectivity index (χ1n) is 6.86. The summed E-state index contributed by atoms with van der Waals surface area (Å²) >= 11 is 6.22. The lowest BCUT2D eigenvalue weighted by Gasteiger charge is -2.22. The van der Waals surface area contributed by atoms with Gasteiger partial charge in [-0.05, 0) is 19.8 Å². The monoisotopic (exact) mass is 293 g/mol. The van der Waals surface area contributed by atoms with Crippen LogP contribution < -0.4 is 0 Å². The van der Waals surface area contributed by atoms with Gasteiger partial charge in [-0.3, -0.25) is 0 Å². The SMILES string of the molecule is Cc1nn(C2CCCCC2)c2ncc(C(=O)O)c(Cl)c12. The van der Waals surface area contributed by atoms with Crippen LogP contribution in [0.3, 0.4) is 0 Å². The second-order valence-corrected chi connectivity index (χ2v) is 5.69. The second kappa shape index (κ2) is 5.05. The lowest BCUT2D eigenvalue weighted by Crippen LogP contribution is -2.14. The maximum Gasteiger partial charge on any atom is 0.338 e. The number of pyridine rings is 1. The molecular formula is C14H16ClN3O2. The molecule has 2 aromatic rings. The number of aromatic nitrogens is 3. The molecule has 1 fully saturated rings. The van der Waals surface area contributed by atoms with Crippen molar-refractivity contribution in [2.45, 2.75) is 45.1 Å². The molecule has 1 N–H and O–H groups in total. The minimum Gasteiger partial charge on any atom is -0.478 e. The van der Waals surface area contributed by atoms with Gasteiger partial charge in [0.05, 0.1) is 27.7 Å². The lowest BCUT2D eigenvalue weighted by molar-refractivity contribution is 0.0697. The Morgan fingerprint density at radius 3 is 2.75 bits per heavy atom. The number of aryl methyl sites for hydroxylation is 1. The summed E-state index contributed by atoms with van der Waals surface area (Å²) in [4.78, 5) is 15.4. The van der Waals surface area contributed by atoms with E-state index in [4.69, 9.17) is 16.7 Å². The van der Waals surface area contributed by atoms with Gasteiger partial charge in [-0.2, -0.15) is 5.10 Å². The predicted molar refractivity (Wildman–Crippen MR) is 76.4 cm³/mol. The molecule has 2 heterocycles. The Morgan fingerprint density at radius 1 is 1.40 bits per heavy atom. The average molecular weight is 294 g/mol. The minimum atomic E-state index is -1.06. The van der Waals surface area contributed by atoms with Gasteiger partial charge in [-0.25, -0.2) is 14.5 Å². The van der Waals surface area contributed by atoms with Gasteiger partial charge in [0, 0.05) is 6.20 Å². The summed E-state index contributed by atoms with van der Waals surface area (Å²) in [6, 6.07) is 0.346. The van der Waals surface area contributed by atoms with Crippen molar-refractivity contribution >= 4 is 28.6 Å². The molecule has 6 heteroatoms. The summed E-state index contributed by atoms with van der Waals surface area (Å²) in [6.45, 7) is 1.85. The van der Waals surface area contributed by atoms with E-state index in [2.05, 4.69) is 10.1 Å². The van der Waals surface area contributed by atoms with Crippen LogP contribution in [0, 0.1) is 6.92 Å². The summed E-state index contributed by atoms with van der Waals surface area (Å²) in [6.07, 6.45) is 7.18. The molecule has 1 aliphatic rings. The highest BCUT2D eigenvalue weighted by Gasteiger charge is 2.23. The van der Waals surface area contributed by atoms with Crippen molar-refractivity contribution in [2.24, 2.45) is 0 Å². The zero-order valence-electron chi connectivity index (χ0n) is 11.3. The minimum absolute atomic E-state index is 0.0328. The number of carboxylic acid groups (broad SMARTS) is 1. The van der Waals surface area contributed by atoms with Gasteiger partial charge in [-0.1, -0.05) is 30.9 Å². The van der Waals surface area contributed by atoms with Gasteiger partial charge in [0.1, 0.15) is 0 Å². The molecule has 0 saturated heterocycles. The molecule has 0 radical (unpaired) electrons. The first-order chi connectivity index (χ1) is 9.59. The maximum atomic E-state index is 11.1. The molecule has 0 atom stereocenters. The lowest BCUT2D eigenvalue weighted by atomic mass is 9.96. The van der Waals surface area contributed by atoms with E-state index in [-0.39, 0.29) is 10.6 Å². The number of nitrogens with zero attached hydrogens (tertiary/aromatic N) is 3. The van der Waals surface area contributed by atoms with Crippen molar-refractivity contribution in [3.8, 4) is 0 Å². The van der Waals surface area contributed by atoms with Gasteiger partial charge in [0.15, 0.2) is 5.65 Å². The topological polar surface area (TPSA) is 68.0 Å². The Morgan fingerprint density at radius 2 is 2.10 bits per heavy atom. The standard InChI is InChI=1S/C14H16ClN3O2/c1-8-11-12(15)10(14(19)20)7-16-13(11)18(17-8)9-5-3-2-4-6-9/h7,9H,2-6H2,1H3,(H,19,20).